The van der Waals surface area contributed by atoms with E-state index in [4.69, 9.17) is 4.74 Å². The maximum absolute atomic E-state index is 11.1. The van der Waals surface area contributed by atoms with Gasteiger partial charge >= 0.3 is 0 Å². The molecule has 2 heterocycles. The smallest absolute Gasteiger partial charge is 0.172 e. The van der Waals surface area contributed by atoms with Crippen LogP contribution in [0.5, 0.6) is 0 Å². The van der Waals surface area contributed by atoms with Crippen LogP contribution in [0.3, 0.4) is 0 Å². The van der Waals surface area contributed by atoms with Crippen molar-refractivity contribution in [1.82, 2.24) is 15.0 Å². The molecule has 0 amide bonds. The number of aldehydes is 1. The zero-order valence-electron chi connectivity index (χ0n) is 11.9. The summed E-state index contributed by atoms with van der Waals surface area (Å²) >= 11 is 0. The molecule has 0 radical (unpaired) electrons. The van der Waals surface area contributed by atoms with E-state index < -0.39 is 0 Å². The number of hydrogen-bond donors (Lipinski definition) is 0. The van der Waals surface area contributed by atoms with Gasteiger partial charge in [0.15, 0.2) is 12.0 Å². The zero-order valence-corrected chi connectivity index (χ0v) is 11.9. The minimum atomic E-state index is -0.0306. The van der Waals surface area contributed by atoms with Gasteiger partial charge < -0.3 is 4.74 Å². The Morgan fingerprint density at radius 1 is 1.33 bits per heavy atom. The van der Waals surface area contributed by atoms with E-state index in [1.807, 2.05) is 22.9 Å². The summed E-state index contributed by atoms with van der Waals surface area (Å²) in [6.45, 7) is 1.50. The number of aryl methyl sites for hydroxylation is 2. The lowest BCUT2D eigenvalue weighted by Gasteiger charge is -2.12. The largest absolute Gasteiger partial charge is 0.372 e. The van der Waals surface area contributed by atoms with Gasteiger partial charge in [-0.15, -0.1) is 5.10 Å². The molecule has 21 heavy (non-hydrogen) atoms. The number of rotatable bonds is 6. The van der Waals surface area contributed by atoms with Crippen LogP contribution in [0.1, 0.15) is 47.1 Å². The maximum Gasteiger partial charge on any atom is 0.172 e. The molecule has 2 aromatic rings. The SMILES string of the molecule is O=Cc1nnn(CCCc2ccccc2)c1C1CCCO1. The summed E-state index contributed by atoms with van der Waals surface area (Å²) in [4.78, 5) is 11.1. The molecule has 0 aliphatic carbocycles. The first-order valence-electron chi connectivity index (χ1n) is 7.42. The molecular formula is C16H19N3O2. The van der Waals surface area contributed by atoms with Crippen molar-refractivity contribution in [3.8, 4) is 0 Å². The van der Waals surface area contributed by atoms with Crippen molar-refractivity contribution >= 4 is 6.29 Å². The van der Waals surface area contributed by atoms with E-state index in [9.17, 15) is 4.79 Å². The highest BCUT2D eigenvalue weighted by Gasteiger charge is 2.26. The van der Waals surface area contributed by atoms with Crippen LogP contribution in [-0.4, -0.2) is 27.9 Å². The van der Waals surface area contributed by atoms with Gasteiger partial charge in [-0.05, 0) is 31.2 Å². The van der Waals surface area contributed by atoms with Gasteiger partial charge in [-0.3, -0.25) is 4.79 Å². The summed E-state index contributed by atoms with van der Waals surface area (Å²) in [5.74, 6) is 0. The molecule has 1 fully saturated rings. The number of benzene rings is 1. The summed E-state index contributed by atoms with van der Waals surface area (Å²) in [6, 6.07) is 10.4. The van der Waals surface area contributed by atoms with Crippen LogP contribution in [0.2, 0.25) is 0 Å². The average molecular weight is 285 g/mol. The zero-order chi connectivity index (χ0) is 14.5. The van der Waals surface area contributed by atoms with E-state index in [0.29, 0.717) is 5.69 Å². The van der Waals surface area contributed by atoms with Crippen LogP contribution in [0, 0.1) is 0 Å². The normalized spacial score (nSPS) is 18.0. The molecule has 1 aliphatic rings. The third-order valence-electron chi connectivity index (χ3n) is 3.83. The van der Waals surface area contributed by atoms with Crippen LogP contribution in [0.15, 0.2) is 30.3 Å². The minimum absolute atomic E-state index is 0.0306. The Morgan fingerprint density at radius 3 is 2.90 bits per heavy atom. The number of hydrogen-bond acceptors (Lipinski definition) is 4. The highest BCUT2D eigenvalue weighted by Crippen LogP contribution is 2.29. The number of carbonyl (C=O) groups is 1. The van der Waals surface area contributed by atoms with Gasteiger partial charge in [-0.1, -0.05) is 35.5 Å². The summed E-state index contributed by atoms with van der Waals surface area (Å²) in [5.41, 5.74) is 2.57. The van der Waals surface area contributed by atoms with E-state index >= 15 is 0 Å². The minimum Gasteiger partial charge on any atom is -0.372 e. The fourth-order valence-corrected chi connectivity index (χ4v) is 2.79. The highest BCUT2D eigenvalue weighted by molar-refractivity contribution is 5.73. The first-order valence-corrected chi connectivity index (χ1v) is 7.42. The van der Waals surface area contributed by atoms with Crippen molar-refractivity contribution in [2.45, 2.75) is 38.3 Å². The fourth-order valence-electron chi connectivity index (χ4n) is 2.79. The van der Waals surface area contributed by atoms with Crippen LogP contribution < -0.4 is 0 Å². The van der Waals surface area contributed by atoms with Gasteiger partial charge in [0.1, 0.15) is 6.10 Å². The Kier molecular flexibility index (Phi) is 4.40. The number of nitrogens with zero attached hydrogens (tertiary/aromatic N) is 3. The average Bonchev–Trinajstić information content (AvgIpc) is 3.16. The molecule has 0 bridgehead atoms. The molecule has 1 aromatic carbocycles. The van der Waals surface area contributed by atoms with Crippen molar-refractivity contribution in [3.05, 3.63) is 47.3 Å². The third-order valence-corrected chi connectivity index (χ3v) is 3.83. The van der Waals surface area contributed by atoms with Gasteiger partial charge in [0.05, 0.1) is 5.69 Å². The molecule has 0 saturated carbocycles. The summed E-state index contributed by atoms with van der Waals surface area (Å²) in [5, 5.41) is 8.09. The molecule has 5 heteroatoms. The summed E-state index contributed by atoms with van der Waals surface area (Å²) < 4.78 is 7.52. The molecule has 3 rings (SSSR count). The van der Waals surface area contributed by atoms with E-state index in [2.05, 4.69) is 22.4 Å². The number of ether oxygens (including phenoxy) is 1. The molecule has 1 saturated heterocycles. The summed E-state index contributed by atoms with van der Waals surface area (Å²) in [6.07, 6.45) is 4.66. The Balaban J connectivity index is 1.67. The second-order valence-corrected chi connectivity index (χ2v) is 5.29. The molecule has 1 aromatic heterocycles. The quantitative estimate of drug-likeness (QED) is 0.765. The van der Waals surface area contributed by atoms with Crippen LogP contribution in [0.25, 0.3) is 0 Å². The number of carbonyl (C=O) groups excluding carboxylic acids is 1. The second kappa shape index (κ2) is 6.63. The topological polar surface area (TPSA) is 57.0 Å². The second-order valence-electron chi connectivity index (χ2n) is 5.29. The van der Waals surface area contributed by atoms with E-state index in [1.54, 1.807) is 0 Å². The lowest BCUT2D eigenvalue weighted by Crippen LogP contribution is -2.11. The monoisotopic (exact) mass is 285 g/mol. The first-order chi connectivity index (χ1) is 10.4. The van der Waals surface area contributed by atoms with Gasteiger partial charge in [0.2, 0.25) is 0 Å². The van der Waals surface area contributed by atoms with Crippen molar-refractivity contribution in [3.63, 3.8) is 0 Å². The van der Waals surface area contributed by atoms with E-state index in [0.717, 1.165) is 50.8 Å². The van der Waals surface area contributed by atoms with Gasteiger partial charge in [0, 0.05) is 13.2 Å². The molecule has 1 unspecified atom stereocenters. The molecular weight excluding hydrogens is 266 g/mol. The van der Waals surface area contributed by atoms with Crippen LogP contribution in [0.4, 0.5) is 0 Å². The number of aromatic nitrogens is 3. The Morgan fingerprint density at radius 2 is 2.19 bits per heavy atom. The fraction of sp³-hybridized carbons (Fsp3) is 0.438. The molecule has 0 N–H and O–H groups in total. The van der Waals surface area contributed by atoms with Gasteiger partial charge in [0.25, 0.3) is 0 Å². The third kappa shape index (κ3) is 3.19. The standard InChI is InChI=1S/C16H19N3O2/c20-12-14-16(15-9-5-11-21-15)19(18-17-14)10-4-8-13-6-2-1-3-7-13/h1-3,6-7,12,15H,4-5,8-11H2. The van der Waals surface area contributed by atoms with Crippen LogP contribution in [-0.2, 0) is 17.7 Å². The van der Waals surface area contributed by atoms with Crippen molar-refractivity contribution in [2.75, 3.05) is 6.61 Å². The van der Waals surface area contributed by atoms with Crippen LogP contribution >= 0.6 is 0 Å². The predicted octanol–water partition coefficient (Wildman–Crippen LogP) is 2.57. The maximum atomic E-state index is 11.1. The molecule has 1 aliphatic heterocycles. The first kappa shape index (κ1) is 13.9. The van der Waals surface area contributed by atoms with E-state index in [1.165, 1.54) is 5.56 Å². The van der Waals surface area contributed by atoms with Crippen molar-refractivity contribution < 1.29 is 9.53 Å². The molecule has 5 nitrogen and oxygen atoms in total. The summed E-state index contributed by atoms with van der Waals surface area (Å²) in [7, 11) is 0. The van der Waals surface area contributed by atoms with Crippen molar-refractivity contribution in [2.24, 2.45) is 0 Å². The Hall–Kier alpha value is -2.01. The van der Waals surface area contributed by atoms with E-state index in [-0.39, 0.29) is 6.10 Å². The lowest BCUT2D eigenvalue weighted by atomic mass is 10.1. The van der Waals surface area contributed by atoms with Gasteiger partial charge in [-0.25, -0.2) is 4.68 Å². The highest BCUT2D eigenvalue weighted by atomic mass is 16.5. The molecule has 110 valence electrons. The Labute approximate surface area is 123 Å². The van der Waals surface area contributed by atoms with Crippen molar-refractivity contribution in [1.29, 1.82) is 0 Å². The lowest BCUT2D eigenvalue weighted by molar-refractivity contribution is 0.100. The van der Waals surface area contributed by atoms with Gasteiger partial charge in [-0.2, -0.15) is 0 Å². The molecule has 0 spiro atoms. The predicted molar refractivity (Wildman–Crippen MR) is 78.1 cm³/mol. The Bertz CT molecular complexity index is 589. The molecule has 1 atom stereocenters.